The van der Waals surface area contributed by atoms with Crippen molar-refractivity contribution in [3.05, 3.63) is 57.8 Å². The minimum atomic E-state index is -0.692. The number of amides is 1. The zero-order valence-corrected chi connectivity index (χ0v) is 12.3. The maximum absolute atomic E-state index is 13.3. The van der Waals surface area contributed by atoms with Crippen molar-refractivity contribution in [3.8, 4) is 0 Å². The van der Waals surface area contributed by atoms with Gasteiger partial charge < -0.3 is 10.6 Å². The van der Waals surface area contributed by atoms with Crippen molar-refractivity contribution in [2.24, 2.45) is 0 Å². The van der Waals surface area contributed by atoms with Crippen LogP contribution < -0.4 is 10.6 Å². The Hall–Kier alpha value is -1.78. The maximum atomic E-state index is 13.3. The highest BCUT2D eigenvalue weighted by molar-refractivity contribution is 6.35. The summed E-state index contributed by atoms with van der Waals surface area (Å²) in [5, 5.41) is 5.58. The van der Waals surface area contributed by atoms with Gasteiger partial charge in [0.2, 0.25) is 5.91 Å². The number of anilines is 2. The molecule has 0 spiro atoms. The van der Waals surface area contributed by atoms with E-state index in [4.69, 9.17) is 23.2 Å². The van der Waals surface area contributed by atoms with E-state index in [2.05, 4.69) is 10.6 Å². The van der Waals surface area contributed by atoms with Gasteiger partial charge in [-0.25, -0.2) is 4.39 Å². The van der Waals surface area contributed by atoms with Crippen LogP contribution in [0, 0.1) is 5.82 Å². The highest BCUT2D eigenvalue weighted by atomic mass is 35.5. The normalized spacial score (nSPS) is 16.2. The Morgan fingerprint density at radius 2 is 1.90 bits per heavy atom. The summed E-state index contributed by atoms with van der Waals surface area (Å²) < 4.78 is 13.3. The lowest BCUT2D eigenvalue weighted by atomic mass is 10.1. The molecular weight excluding hydrogens is 314 g/mol. The van der Waals surface area contributed by atoms with Crippen LogP contribution in [0.4, 0.5) is 15.8 Å². The van der Waals surface area contributed by atoms with E-state index in [1.54, 1.807) is 0 Å². The summed E-state index contributed by atoms with van der Waals surface area (Å²) in [4.78, 5) is 12.2. The van der Waals surface area contributed by atoms with Gasteiger partial charge in [0.05, 0.1) is 10.0 Å². The summed E-state index contributed by atoms with van der Waals surface area (Å²) in [5.41, 5.74) is 2.41. The van der Waals surface area contributed by atoms with Gasteiger partial charge >= 0.3 is 0 Å². The molecule has 3 nitrogen and oxygen atoms in total. The lowest BCUT2D eigenvalue weighted by Gasteiger charge is -2.12. The van der Waals surface area contributed by atoms with E-state index in [9.17, 15) is 9.18 Å². The third-order valence-corrected chi connectivity index (χ3v) is 3.89. The van der Waals surface area contributed by atoms with Crippen LogP contribution in [0.15, 0.2) is 36.4 Å². The lowest BCUT2D eigenvalue weighted by Crippen LogP contribution is -2.32. The SMILES string of the molecule is O=C(Nc1cc(Cl)c(F)c(Cl)c1)C1Cc2ccccc2N1. The minimum Gasteiger partial charge on any atom is -0.373 e. The Bertz CT molecular complexity index is 673. The van der Waals surface area contributed by atoms with Gasteiger partial charge in [0.15, 0.2) is 5.82 Å². The summed E-state index contributed by atoms with van der Waals surface area (Å²) >= 11 is 11.4. The third-order valence-electron chi connectivity index (χ3n) is 3.34. The zero-order valence-electron chi connectivity index (χ0n) is 10.8. The van der Waals surface area contributed by atoms with Crippen LogP contribution in [-0.2, 0) is 11.2 Å². The number of carbonyl (C=O) groups excluding carboxylic acids is 1. The Labute approximate surface area is 131 Å². The average molecular weight is 325 g/mol. The van der Waals surface area contributed by atoms with Crippen molar-refractivity contribution in [2.75, 3.05) is 10.6 Å². The number of halogens is 3. The predicted octanol–water partition coefficient (Wildman–Crippen LogP) is 4.11. The van der Waals surface area contributed by atoms with Crippen LogP contribution in [0.1, 0.15) is 5.56 Å². The topological polar surface area (TPSA) is 41.1 Å². The van der Waals surface area contributed by atoms with Crippen molar-refractivity contribution in [1.82, 2.24) is 0 Å². The molecule has 2 N–H and O–H groups in total. The first kappa shape index (κ1) is 14.2. The van der Waals surface area contributed by atoms with E-state index in [-0.39, 0.29) is 22.0 Å². The number of nitrogens with one attached hydrogen (secondary N) is 2. The number of hydrogen-bond acceptors (Lipinski definition) is 2. The smallest absolute Gasteiger partial charge is 0.247 e. The van der Waals surface area contributed by atoms with Crippen LogP contribution in [0.2, 0.25) is 10.0 Å². The molecule has 1 aliphatic heterocycles. The molecule has 108 valence electrons. The van der Waals surface area contributed by atoms with Gasteiger partial charge in [-0.2, -0.15) is 0 Å². The first-order valence-corrected chi connectivity index (χ1v) is 7.10. The summed E-state index contributed by atoms with van der Waals surface area (Å²) in [7, 11) is 0. The molecule has 2 aromatic carbocycles. The summed E-state index contributed by atoms with van der Waals surface area (Å²) in [6, 6.07) is 10.0. The van der Waals surface area contributed by atoms with Crippen LogP contribution in [0.5, 0.6) is 0 Å². The molecule has 1 aliphatic rings. The van der Waals surface area contributed by atoms with Crippen LogP contribution in [-0.4, -0.2) is 11.9 Å². The molecule has 0 aliphatic carbocycles. The van der Waals surface area contributed by atoms with Gasteiger partial charge in [0.25, 0.3) is 0 Å². The molecular formula is C15H11Cl2FN2O. The Morgan fingerprint density at radius 1 is 1.24 bits per heavy atom. The fourth-order valence-corrected chi connectivity index (χ4v) is 2.80. The number of carbonyl (C=O) groups is 1. The van der Waals surface area contributed by atoms with Gasteiger partial charge in [-0.3, -0.25) is 4.79 Å². The quantitative estimate of drug-likeness (QED) is 0.816. The molecule has 1 amide bonds. The molecule has 0 radical (unpaired) electrons. The molecule has 0 bridgehead atoms. The maximum Gasteiger partial charge on any atom is 0.247 e. The Kier molecular flexibility index (Phi) is 3.74. The molecule has 1 unspecified atom stereocenters. The molecule has 3 rings (SSSR count). The van der Waals surface area contributed by atoms with E-state index in [0.717, 1.165) is 11.3 Å². The van der Waals surface area contributed by atoms with Crippen molar-refractivity contribution in [1.29, 1.82) is 0 Å². The molecule has 1 heterocycles. The second kappa shape index (κ2) is 5.54. The highest BCUT2D eigenvalue weighted by Gasteiger charge is 2.26. The first-order chi connectivity index (χ1) is 10.0. The fraction of sp³-hybridized carbons (Fsp3) is 0.133. The minimum absolute atomic E-state index is 0.125. The Morgan fingerprint density at radius 3 is 2.57 bits per heavy atom. The highest BCUT2D eigenvalue weighted by Crippen LogP contribution is 2.29. The largest absolute Gasteiger partial charge is 0.373 e. The van der Waals surface area contributed by atoms with Gasteiger partial charge in [0, 0.05) is 17.8 Å². The summed E-state index contributed by atoms with van der Waals surface area (Å²) in [6.07, 6.45) is 0.602. The number of hydrogen-bond donors (Lipinski definition) is 2. The molecule has 2 aromatic rings. The lowest BCUT2D eigenvalue weighted by molar-refractivity contribution is -0.116. The van der Waals surface area contributed by atoms with Crippen molar-refractivity contribution < 1.29 is 9.18 Å². The molecule has 21 heavy (non-hydrogen) atoms. The average Bonchev–Trinajstić information content (AvgIpc) is 2.88. The molecule has 0 aromatic heterocycles. The van der Waals surface area contributed by atoms with Crippen molar-refractivity contribution in [3.63, 3.8) is 0 Å². The van der Waals surface area contributed by atoms with Gasteiger partial charge in [-0.05, 0) is 23.8 Å². The van der Waals surface area contributed by atoms with Gasteiger partial charge in [-0.1, -0.05) is 41.4 Å². The van der Waals surface area contributed by atoms with E-state index in [1.807, 2.05) is 24.3 Å². The molecule has 6 heteroatoms. The molecule has 0 saturated carbocycles. The first-order valence-electron chi connectivity index (χ1n) is 6.34. The van der Waals surface area contributed by atoms with Gasteiger partial charge in [-0.15, -0.1) is 0 Å². The number of para-hydroxylation sites is 1. The second-order valence-electron chi connectivity index (χ2n) is 4.80. The zero-order chi connectivity index (χ0) is 15.0. The number of benzene rings is 2. The molecule has 0 saturated heterocycles. The predicted molar refractivity (Wildman–Crippen MR) is 82.6 cm³/mol. The van der Waals surface area contributed by atoms with E-state index in [0.29, 0.717) is 12.1 Å². The van der Waals surface area contributed by atoms with E-state index in [1.165, 1.54) is 12.1 Å². The van der Waals surface area contributed by atoms with E-state index >= 15 is 0 Å². The van der Waals surface area contributed by atoms with Crippen molar-refractivity contribution >= 4 is 40.5 Å². The standard InChI is InChI=1S/C15H11Cl2FN2O/c16-10-6-9(7-11(17)14(10)18)19-15(21)13-5-8-3-1-2-4-12(8)20-13/h1-4,6-7,13,20H,5H2,(H,19,21). The molecule has 1 atom stereocenters. The summed E-state index contributed by atoms with van der Waals surface area (Å²) in [5.74, 6) is -0.910. The van der Waals surface area contributed by atoms with Gasteiger partial charge in [0.1, 0.15) is 6.04 Å². The van der Waals surface area contributed by atoms with Crippen molar-refractivity contribution in [2.45, 2.75) is 12.5 Å². The van der Waals surface area contributed by atoms with Crippen LogP contribution in [0.25, 0.3) is 0 Å². The summed E-state index contributed by atoms with van der Waals surface area (Å²) in [6.45, 7) is 0. The monoisotopic (exact) mass is 324 g/mol. The number of fused-ring (bicyclic) bond motifs is 1. The van der Waals surface area contributed by atoms with Crippen LogP contribution >= 0.6 is 23.2 Å². The number of rotatable bonds is 2. The molecule has 0 fully saturated rings. The second-order valence-corrected chi connectivity index (χ2v) is 5.62. The Balaban J connectivity index is 1.74. The van der Waals surface area contributed by atoms with Crippen LogP contribution in [0.3, 0.4) is 0 Å². The third kappa shape index (κ3) is 2.82. The fourth-order valence-electron chi connectivity index (χ4n) is 2.31. The van der Waals surface area contributed by atoms with E-state index < -0.39 is 5.82 Å².